The molecule has 0 aliphatic rings. The quantitative estimate of drug-likeness (QED) is 0.390. The summed E-state index contributed by atoms with van der Waals surface area (Å²) in [5.74, 6) is 0.137. The largest absolute Gasteiger partial charge is 0.409 e. The van der Waals surface area contributed by atoms with Gasteiger partial charge in [-0.25, -0.2) is 0 Å². The fraction of sp³-hybridized carbons (Fsp3) is 0.235. The van der Waals surface area contributed by atoms with Crippen molar-refractivity contribution in [3.8, 4) is 0 Å². The van der Waals surface area contributed by atoms with Gasteiger partial charge < -0.3 is 15.8 Å². The molecule has 0 fully saturated rings. The lowest BCUT2D eigenvalue weighted by atomic mass is 10.1. The van der Waals surface area contributed by atoms with E-state index in [0.717, 1.165) is 23.4 Å². The van der Waals surface area contributed by atoms with Gasteiger partial charge >= 0.3 is 0 Å². The standard InChI is InChI=1S/C17H21N3O/c1-4-20(16-8-6-5-7-12(16)2)14-9-10-15(13(3)11-14)17(18)19-21/h5-11,21H,4H2,1-3H3,(H2,18,19). The minimum atomic E-state index is 0.137. The van der Waals surface area contributed by atoms with E-state index in [9.17, 15) is 0 Å². The summed E-state index contributed by atoms with van der Waals surface area (Å²) in [6.07, 6.45) is 0. The van der Waals surface area contributed by atoms with Crippen molar-refractivity contribution in [1.29, 1.82) is 0 Å². The number of para-hydroxylation sites is 1. The molecule has 2 aromatic rings. The summed E-state index contributed by atoms with van der Waals surface area (Å²) in [6.45, 7) is 7.06. The monoisotopic (exact) mass is 283 g/mol. The predicted octanol–water partition coefficient (Wildman–Crippen LogP) is 3.56. The van der Waals surface area contributed by atoms with Gasteiger partial charge in [0.25, 0.3) is 0 Å². The minimum Gasteiger partial charge on any atom is -0.409 e. The van der Waals surface area contributed by atoms with Crippen LogP contribution >= 0.6 is 0 Å². The molecular weight excluding hydrogens is 262 g/mol. The van der Waals surface area contributed by atoms with Crippen LogP contribution in [0.5, 0.6) is 0 Å². The van der Waals surface area contributed by atoms with Crippen LogP contribution in [0.15, 0.2) is 47.6 Å². The third-order valence-electron chi connectivity index (χ3n) is 3.63. The van der Waals surface area contributed by atoms with Crippen molar-refractivity contribution in [2.45, 2.75) is 20.8 Å². The van der Waals surface area contributed by atoms with E-state index < -0.39 is 0 Å². The second-order valence-electron chi connectivity index (χ2n) is 5.02. The zero-order valence-electron chi connectivity index (χ0n) is 12.7. The number of nitrogens with zero attached hydrogens (tertiary/aromatic N) is 2. The summed E-state index contributed by atoms with van der Waals surface area (Å²) in [6, 6.07) is 14.3. The number of oxime groups is 1. The zero-order chi connectivity index (χ0) is 15.4. The molecule has 0 spiro atoms. The topological polar surface area (TPSA) is 61.8 Å². The smallest absolute Gasteiger partial charge is 0.170 e. The van der Waals surface area contributed by atoms with Crippen LogP contribution in [0.4, 0.5) is 11.4 Å². The Morgan fingerprint density at radius 3 is 2.43 bits per heavy atom. The van der Waals surface area contributed by atoms with E-state index in [2.05, 4.69) is 42.1 Å². The molecule has 0 unspecified atom stereocenters. The van der Waals surface area contributed by atoms with Gasteiger partial charge in [-0.05, 0) is 56.2 Å². The van der Waals surface area contributed by atoms with E-state index in [1.165, 1.54) is 11.3 Å². The van der Waals surface area contributed by atoms with Crippen LogP contribution < -0.4 is 10.6 Å². The van der Waals surface area contributed by atoms with Crippen molar-refractivity contribution in [2.24, 2.45) is 10.9 Å². The Kier molecular flexibility index (Phi) is 4.48. The Balaban J connectivity index is 2.45. The van der Waals surface area contributed by atoms with Crippen LogP contribution in [0.25, 0.3) is 0 Å². The Morgan fingerprint density at radius 2 is 1.86 bits per heavy atom. The van der Waals surface area contributed by atoms with E-state index in [1.54, 1.807) is 0 Å². The Bertz CT molecular complexity index is 665. The molecule has 0 heterocycles. The summed E-state index contributed by atoms with van der Waals surface area (Å²) >= 11 is 0. The summed E-state index contributed by atoms with van der Waals surface area (Å²) in [5, 5.41) is 11.9. The number of nitrogens with two attached hydrogens (primary N) is 1. The Hall–Kier alpha value is -2.49. The molecule has 110 valence electrons. The molecule has 0 aliphatic heterocycles. The van der Waals surface area contributed by atoms with Crippen LogP contribution in [0.1, 0.15) is 23.6 Å². The van der Waals surface area contributed by atoms with Gasteiger partial charge in [-0.2, -0.15) is 0 Å². The highest BCUT2D eigenvalue weighted by Gasteiger charge is 2.12. The number of anilines is 2. The van der Waals surface area contributed by atoms with E-state index in [0.29, 0.717) is 0 Å². The van der Waals surface area contributed by atoms with Crippen LogP contribution in [0.3, 0.4) is 0 Å². The maximum atomic E-state index is 8.80. The molecule has 0 saturated carbocycles. The highest BCUT2D eigenvalue weighted by molar-refractivity contribution is 5.98. The molecule has 4 nitrogen and oxygen atoms in total. The molecule has 2 aromatic carbocycles. The van der Waals surface area contributed by atoms with Crippen molar-refractivity contribution in [3.63, 3.8) is 0 Å². The normalized spacial score (nSPS) is 11.5. The molecule has 2 rings (SSSR count). The van der Waals surface area contributed by atoms with E-state index >= 15 is 0 Å². The third-order valence-corrected chi connectivity index (χ3v) is 3.63. The molecule has 3 N–H and O–H groups in total. The molecule has 0 aromatic heterocycles. The summed E-state index contributed by atoms with van der Waals surface area (Å²) < 4.78 is 0. The first-order valence-electron chi connectivity index (χ1n) is 7.00. The lowest BCUT2D eigenvalue weighted by Crippen LogP contribution is -2.19. The van der Waals surface area contributed by atoms with Gasteiger partial charge in [0, 0.05) is 23.5 Å². The highest BCUT2D eigenvalue weighted by Crippen LogP contribution is 2.29. The first kappa shape index (κ1) is 14.9. The molecular formula is C17H21N3O. The van der Waals surface area contributed by atoms with E-state index in [-0.39, 0.29) is 5.84 Å². The fourth-order valence-electron chi connectivity index (χ4n) is 2.52. The third kappa shape index (κ3) is 2.99. The molecule has 0 bridgehead atoms. The summed E-state index contributed by atoms with van der Waals surface area (Å²) in [7, 11) is 0. The van der Waals surface area contributed by atoms with Crippen molar-refractivity contribution in [3.05, 3.63) is 59.2 Å². The molecule has 0 saturated heterocycles. The molecule has 0 atom stereocenters. The van der Waals surface area contributed by atoms with Crippen molar-refractivity contribution < 1.29 is 5.21 Å². The predicted molar refractivity (Wildman–Crippen MR) is 87.5 cm³/mol. The second kappa shape index (κ2) is 6.31. The van der Waals surface area contributed by atoms with Crippen molar-refractivity contribution in [1.82, 2.24) is 0 Å². The molecule has 0 radical (unpaired) electrons. The molecule has 4 heteroatoms. The van der Waals surface area contributed by atoms with Crippen molar-refractivity contribution >= 4 is 17.2 Å². The van der Waals surface area contributed by atoms with Gasteiger partial charge in [-0.1, -0.05) is 23.4 Å². The summed E-state index contributed by atoms with van der Waals surface area (Å²) in [5.41, 5.74) is 10.9. The fourth-order valence-corrected chi connectivity index (χ4v) is 2.52. The minimum absolute atomic E-state index is 0.137. The van der Waals surface area contributed by atoms with Crippen molar-refractivity contribution in [2.75, 3.05) is 11.4 Å². The molecule has 0 amide bonds. The van der Waals surface area contributed by atoms with Gasteiger partial charge in [0.1, 0.15) is 0 Å². The number of hydrogen-bond acceptors (Lipinski definition) is 3. The van der Waals surface area contributed by atoms with Crippen LogP contribution in [-0.2, 0) is 0 Å². The van der Waals surface area contributed by atoms with Gasteiger partial charge in [-0.3, -0.25) is 0 Å². The average molecular weight is 283 g/mol. The number of hydrogen-bond donors (Lipinski definition) is 2. The van der Waals surface area contributed by atoms with Crippen LogP contribution in [0, 0.1) is 13.8 Å². The molecule has 0 aliphatic carbocycles. The lowest BCUT2D eigenvalue weighted by molar-refractivity contribution is 0.318. The SMILES string of the molecule is CCN(c1ccc(/C(N)=N/O)c(C)c1)c1ccccc1C. The molecule has 21 heavy (non-hydrogen) atoms. The lowest BCUT2D eigenvalue weighted by Gasteiger charge is -2.26. The van der Waals surface area contributed by atoms with Gasteiger partial charge in [0.05, 0.1) is 0 Å². The average Bonchev–Trinajstić information content (AvgIpc) is 2.49. The number of benzene rings is 2. The van der Waals surface area contributed by atoms with Crippen LogP contribution in [0.2, 0.25) is 0 Å². The van der Waals surface area contributed by atoms with E-state index in [1.807, 2.05) is 31.2 Å². The first-order chi connectivity index (χ1) is 10.1. The Labute approximate surface area is 125 Å². The van der Waals surface area contributed by atoms with Gasteiger partial charge in [0.2, 0.25) is 0 Å². The van der Waals surface area contributed by atoms with Crippen LogP contribution in [-0.4, -0.2) is 17.6 Å². The number of aryl methyl sites for hydroxylation is 2. The Morgan fingerprint density at radius 1 is 1.14 bits per heavy atom. The number of rotatable bonds is 4. The van der Waals surface area contributed by atoms with Gasteiger partial charge in [0.15, 0.2) is 5.84 Å². The second-order valence-corrected chi connectivity index (χ2v) is 5.02. The first-order valence-corrected chi connectivity index (χ1v) is 7.00. The zero-order valence-corrected chi connectivity index (χ0v) is 12.7. The highest BCUT2D eigenvalue weighted by atomic mass is 16.4. The maximum absolute atomic E-state index is 8.80. The van der Waals surface area contributed by atoms with Gasteiger partial charge in [-0.15, -0.1) is 0 Å². The van der Waals surface area contributed by atoms with E-state index in [4.69, 9.17) is 10.9 Å². The maximum Gasteiger partial charge on any atom is 0.170 e. The number of amidine groups is 1. The summed E-state index contributed by atoms with van der Waals surface area (Å²) in [4.78, 5) is 2.25.